The van der Waals surface area contributed by atoms with Crippen LogP contribution in [-0.2, 0) is 4.79 Å². The van der Waals surface area contributed by atoms with Gasteiger partial charge in [0, 0.05) is 10.7 Å². The maximum absolute atomic E-state index is 11.8. The number of para-hydroxylation sites is 1. The highest BCUT2D eigenvalue weighted by Gasteiger charge is 2.08. The zero-order chi connectivity index (χ0) is 14.5. The Labute approximate surface area is 127 Å². The van der Waals surface area contributed by atoms with Gasteiger partial charge in [-0.2, -0.15) is 0 Å². The van der Waals surface area contributed by atoms with E-state index in [2.05, 4.69) is 5.32 Å². The van der Waals surface area contributed by atoms with Gasteiger partial charge in [0.25, 0.3) is 5.91 Å². The molecule has 0 aliphatic heterocycles. The van der Waals surface area contributed by atoms with Crippen molar-refractivity contribution in [1.29, 1.82) is 0 Å². The molecule has 0 aromatic heterocycles. The highest BCUT2D eigenvalue weighted by molar-refractivity contribution is 6.32. The van der Waals surface area contributed by atoms with Gasteiger partial charge in [-0.3, -0.25) is 4.79 Å². The topological polar surface area (TPSA) is 38.3 Å². The molecule has 0 radical (unpaired) electrons. The van der Waals surface area contributed by atoms with E-state index in [1.807, 2.05) is 19.1 Å². The number of anilines is 1. The average molecular weight is 310 g/mol. The largest absolute Gasteiger partial charge is 0.482 e. The highest BCUT2D eigenvalue weighted by Crippen LogP contribution is 2.27. The van der Waals surface area contributed by atoms with Crippen LogP contribution in [0.4, 0.5) is 5.69 Å². The molecule has 2 aromatic rings. The van der Waals surface area contributed by atoms with Gasteiger partial charge in [0.15, 0.2) is 6.61 Å². The van der Waals surface area contributed by atoms with E-state index >= 15 is 0 Å². The summed E-state index contributed by atoms with van der Waals surface area (Å²) in [5.74, 6) is 0.270. The van der Waals surface area contributed by atoms with Crippen molar-refractivity contribution in [3.8, 4) is 5.75 Å². The molecule has 2 aromatic carbocycles. The lowest BCUT2D eigenvalue weighted by molar-refractivity contribution is -0.118. The second kappa shape index (κ2) is 6.64. The standard InChI is InChI=1S/C15H13Cl2NO2/c1-10-3-2-4-13(17)15(10)20-9-14(19)18-12-7-5-11(16)6-8-12/h2-8H,9H2,1H3,(H,18,19). The molecular weight excluding hydrogens is 297 g/mol. The van der Waals surface area contributed by atoms with Crippen molar-refractivity contribution < 1.29 is 9.53 Å². The molecule has 0 bridgehead atoms. The van der Waals surface area contributed by atoms with Crippen molar-refractivity contribution in [3.63, 3.8) is 0 Å². The lowest BCUT2D eigenvalue weighted by Crippen LogP contribution is -2.20. The molecule has 0 saturated heterocycles. The number of ether oxygens (including phenoxy) is 1. The van der Waals surface area contributed by atoms with Crippen LogP contribution in [0.25, 0.3) is 0 Å². The summed E-state index contributed by atoms with van der Waals surface area (Å²) in [5, 5.41) is 3.82. The first-order chi connectivity index (χ1) is 9.56. The second-order valence-electron chi connectivity index (χ2n) is 4.23. The Bertz CT molecular complexity index is 592. The van der Waals surface area contributed by atoms with Crippen molar-refractivity contribution in [3.05, 3.63) is 58.1 Å². The lowest BCUT2D eigenvalue weighted by atomic mass is 10.2. The summed E-state index contributed by atoms with van der Waals surface area (Å²) in [6.45, 7) is 1.77. The number of rotatable bonds is 4. The first kappa shape index (κ1) is 14.7. The summed E-state index contributed by atoms with van der Waals surface area (Å²) in [6, 6.07) is 12.3. The molecule has 0 atom stereocenters. The maximum atomic E-state index is 11.8. The van der Waals surface area contributed by atoms with Crippen LogP contribution >= 0.6 is 23.2 Å². The van der Waals surface area contributed by atoms with Crippen LogP contribution in [0.3, 0.4) is 0 Å². The first-order valence-electron chi connectivity index (χ1n) is 5.99. The van der Waals surface area contributed by atoms with Crippen molar-refractivity contribution in [2.45, 2.75) is 6.92 Å². The minimum absolute atomic E-state index is 0.104. The van der Waals surface area contributed by atoms with Crippen LogP contribution in [0.15, 0.2) is 42.5 Å². The summed E-state index contributed by atoms with van der Waals surface area (Å²) in [4.78, 5) is 11.8. The molecule has 20 heavy (non-hydrogen) atoms. The average Bonchev–Trinajstić information content (AvgIpc) is 2.41. The molecule has 104 valence electrons. The Balaban J connectivity index is 1.94. The summed E-state index contributed by atoms with van der Waals surface area (Å²) < 4.78 is 5.46. The first-order valence-corrected chi connectivity index (χ1v) is 6.75. The zero-order valence-electron chi connectivity index (χ0n) is 10.8. The smallest absolute Gasteiger partial charge is 0.262 e. The SMILES string of the molecule is Cc1cccc(Cl)c1OCC(=O)Nc1ccc(Cl)cc1. The van der Waals surface area contributed by atoms with Gasteiger partial charge < -0.3 is 10.1 Å². The normalized spacial score (nSPS) is 10.2. The Morgan fingerprint density at radius 3 is 2.50 bits per heavy atom. The van der Waals surface area contributed by atoms with Gasteiger partial charge in [-0.25, -0.2) is 0 Å². The lowest BCUT2D eigenvalue weighted by Gasteiger charge is -2.11. The zero-order valence-corrected chi connectivity index (χ0v) is 12.3. The molecule has 0 unspecified atom stereocenters. The van der Waals surface area contributed by atoms with Crippen molar-refractivity contribution in [2.75, 3.05) is 11.9 Å². The van der Waals surface area contributed by atoms with E-state index < -0.39 is 0 Å². The number of halogens is 2. The number of nitrogens with one attached hydrogen (secondary N) is 1. The van der Waals surface area contributed by atoms with E-state index in [0.29, 0.717) is 21.5 Å². The maximum Gasteiger partial charge on any atom is 0.262 e. The van der Waals surface area contributed by atoms with Crippen LogP contribution < -0.4 is 10.1 Å². The molecule has 1 N–H and O–H groups in total. The molecule has 0 saturated carbocycles. The fourth-order valence-corrected chi connectivity index (χ4v) is 2.07. The molecule has 0 aliphatic carbocycles. The van der Waals surface area contributed by atoms with Crippen LogP contribution in [0.1, 0.15) is 5.56 Å². The predicted molar refractivity (Wildman–Crippen MR) is 81.8 cm³/mol. The third kappa shape index (κ3) is 3.89. The van der Waals surface area contributed by atoms with Crippen LogP contribution in [0, 0.1) is 6.92 Å². The number of carbonyl (C=O) groups excluding carboxylic acids is 1. The van der Waals surface area contributed by atoms with E-state index in [1.54, 1.807) is 30.3 Å². The Kier molecular flexibility index (Phi) is 4.88. The van der Waals surface area contributed by atoms with E-state index in [-0.39, 0.29) is 12.5 Å². The third-order valence-electron chi connectivity index (χ3n) is 2.64. The second-order valence-corrected chi connectivity index (χ2v) is 5.07. The quantitative estimate of drug-likeness (QED) is 0.913. The molecule has 1 amide bonds. The minimum atomic E-state index is -0.258. The van der Waals surface area contributed by atoms with Gasteiger partial charge in [-0.1, -0.05) is 35.3 Å². The predicted octanol–water partition coefficient (Wildman–Crippen LogP) is 4.32. The number of benzene rings is 2. The third-order valence-corrected chi connectivity index (χ3v) is 3.19. The van der Waals surface area contributed by atoms with Gasteiger partial charge in [0.2, 0.25) is 0 Å². The fraction of sp³-hybridized carbons (Fsp3) is 0.133. The van der Waals surface area contributed by atoms with Gasteiger partial charge in [-0.15, -0.1) is 0 Å². The van der Waals surface area contributed by atoms with Crippen LogP contribution in [0.2, 0.25) is 10.0 Å². The molecule has 3 nitrogen and oxygen atoms in total. The summed E-state index contributed by atoms with van der Waals surface area (Å²) in [7, 11) is 0. The van der Waals surface area contributed by atoms with E-state index in [9.17, 15) is 4.79 Å². The molecule has 0 fully saturated rings. The van der Waals surface area contributed by atoms with Crippen molar-refractivity contribution in [1.82, 2.24) is 0 Å². The van der Waals surface area contributed by atoms with E-state index in [0.717, 1.165) is 5.56 Å². The van der Waals surface area contributed by atoms with Gasteiger partial charge in [-0.05, 0) is 42.8 Å². The molecule has 5 heteroatoms. The van der Waals surface area contributed by atoms with Crippen molar-refractivity contribution >= 4 is 34.8 Å². The number of aryl methyl sites for hydroxylation is 1. The summed E-state index contributed by atoms with van der Waals surface area (Å²) in [6.07, 6.45) is 0. The molecule has 2 rings (SSSR count). The van der Waals surface area contributed by atoms with E-state index in [4.69, 9.17) is 27.9 Å². The molecule has 0 spiro atoms. The number of hydrogen-bond donors (Lipinski definition) is 1. The number of amides is 1. The highest BCUT2D eigenvalue weighted by atomic mass is 35.5. The van der Waals surface area contributed by atoms with E-state index in [1.165, 1.54) is 0 Å². The minimum Gasteiger partial charge on any atom is -0.482 e. The molecule has 0 heterocycles. The Morgan fingerprint density at radius 1 is 1.15 bits per heavy atom. The van der Waals surface area contributed by atoms with Crippen molar-refractivity contribution in [2.24, 2.45) is 0 Å². The van der Waals surface area contributed by atoms with Crippen LogP contribution in [-0.4, -0.2) is 12.5 Å². The van der Waals surface area contributed by atoms with Gasteiger partial charge >= 0.3 is 0 Å². The summed E-state index contributed by atoms with van der Waals surface area (Å²) in [5.41, 5.74) is 1.55. The van der Waals surface area contributed by atoms with Gasteiger partial charge in [0.1, 0.15) is 5.75 Å². The number of carbonyl (C=O) groups is 1. The molecule has 0 aliphatic rings. The van der Waals surface area contributed by atoms with Gasteiger partial charge in [0.05, 0.1) is 5.02 Å². The Hall–Kier alpha value is -1.71. The van der Waals surface area contributed by atoms with Crippen LogP contribution in [0.5, 0.6) is 5.75 Å². The summed E-state index contributed by atoms with van der Waals surface area (Å²) >= 11 is 11.8. The Morgan fingerprint density at radius 2 is 1.85 bits per heavy atom. The number of hydrogen-bond acceptors (Lipinski definition) is 2. The fourth-order valence-electron chi connectivity index (χ4n) is 1.67. The monoisotopic (exact) mass is 309 g/mol. The molecular formula is C15H13Cl2NO2.